The van der Waals surface area contributed by atoms with Gasteiger partial charge in [-0.2, -0.15) is 0 Å². The topological polar surface area (TPSA) is 22.1 Å². The monoisotopic (exact) mass is 271 g/mol. The number of nitrogens with zero attached hydrogens (tertiary/aromatic N) is 1. The molecule has 2 nitrogen and oxygen atoms in total. The molecule has 0 bridgehead atoms. The summed E-state index contributed by atoms with van der Waals surface area (Å²) in [4.78, 5) is 4.42. The number of hydrogen-bond acceptors (Lipinski definition) is 2. The van der Waals surface area contributed by atoms with Crippen LogP contribution in [0.4, 0.5) is 0 Å². The van der Waals surface area contributed by atoms with Crippen molar-refractivity contribution < 1.29 is 4.74 Å². The summed E-state index contributed by atoms with van der Waals surface area (Å²) in [6.45, 7) is 7.02. The van der Waals surface area contributed by atoms with Crippen LogP contribution in [-0.4, -0.2) is 16.9 Å². The Kier molecular flexibility index (Phi) is 5.09. The molecule has 0 saturated carbocycles. The van der Waals surface area contributed by atoms with Gasteiger partial charge in [-0.05, 0) is 24.8 Å². The molecule has 1 rings (SSSR count). The number of hydrogen-bond donors (Lipinski definition) is 0. The molecule has 84 valence electrons. The van der Waals surface area contributed by atoms with Gasteiger partial charge in [0.05, 0.1) is 6.61 Å². The average molecular weight is 272 g/mol. The van der Waals surface area contributed by atoms with Crippen LogP contribution in [0.25, 0.3) is 0 Å². The van der Waals surface area contributed by atoms with Crippen molar-refractivity contribution in [3.8, 4) is 5.88 Å². The predicted octanol–water partition coefficient (Wildman–Crippen LogP) is 3.36. The van der Waals surface area contributed by atoms with Crippen molar-refractivity contribution in [2.75, 3.05) is 11.9 Å². The standard InChI is InChI=1S/C12H18BrNO/c1-9(2)8-15-12-5-4-11(6-7-13)10(3)14-12/h4-5,9H,6-8H2,1-3H3. The summed E-state index contributed by atoms with van der Waals surface area (Å²) < 4.78 is 5.56. The van der Waals surface area contributed by atoms with Crippen LogP contribution < -0.4 is 4.74 Å². The fourth-order valence-electron chi connectivity index (χ4n) is 1.27. The van der Waals surface area contributed by atoms with Gasteiger partial charge in [0.25, 0.3) is 0 Å². The molecule has 1 aromatic rings. The van der Waals surface area contributed by atoms with Crippen molar-refractivity contribution in [1.82, 2.24) is 4.98 Å². The van der Waals surface area contributed by atoms with E-state index in [0.717, 1.165) is 29.9 Å². The first-order valence-electron chi connectivity index (χ1n) is 5.28. The van der Waals surface area contributed by atoms with Crippen LogP contribution in [0.15, 0.2) is 12.1 Å². The lowest BCUT2D eigenvalue weighted by Gasteiger charge is -2.09. The normalized spacial score (nSPS) is 10.7. The Balaban J connectivity index is 2.64. The van der Waals surface area contributed by atoms with Crippen molar-refractivity contribution in [2.45, 2.75) is 27.2 Å². The van der Waals surface area contributed by atoms with Crippen LogP contribution in [-0.2, 0) is 6.42 Å². The predicted molar refractivity (Wildman–Crippen MR) is 66.8 cm³/mol. The lowest BCUT2D eigenvalue weighted by molar-refractivity contribution is 0.261. The first-order valence-corrected chi connectivity index (χ1v) is 6.41. The minimum Gasteiger partial charge on any atom is -0.477 e. The number of aryl methyl sites for hydroxylation is 2. The molecular weight excluding hydrogens is 254 g/mol. The molecule has 0 aromatic carbocycles. The lowest BCUT2D eigenvalue weighted by atomic mass is 10.1. The first-order chi connectivity index (χ1) is 7.13. The van der Waals surface area contributed by atoms with Crippen LogP contribution in [0.1, 0.15) is 25.1 Å². The molecule has 0 radical (unpaired) electrons. The summed E-state index contributed by atoms with van der Waals surface area (Å²) in [5, 5.41) is 0.974. The Hall–Kier alpha value is -0.570. The van der Waals surface area contributed by atoms with Gasteiger partial charge in [0.15, 0.2) is 0 Å². The lowest BCUT2D eigenvalue weighted by Crippen LogP contribution is -2.06. The third kappa shape index (κ3) is 4.20. The Morgan fingerprint density at radius 3 is 2.67 bits per heavy atom. The molecule has 0 unspecified atom stereocenters. The van der Waals surface area contributed by atoms with E-state index in [0.29, 0.717) is 5.92 Å². The largest absolute Gasteiger partial charge is 0.477 e. The molecule has 3 heteroatoms. The average Bonchev–Trinajstić information content (AvgIpc) is 2.19. The highest BCUT2D eigenvalue weighted by Gasteiger charge is 2.03. The molecule has 0 spiro atoms. The third-order valence-corrected chi connectivity index (χ3v) is 2.49. The molecule has 1 heterocycles. The zero-order valence-electron chi connectivity index (χ0n) is 9.59. The molecule has 0 saturated heterocycles. The van der Waals surface area contributed by atoms with E-state index in [9.17, 15) is 0 Å². The van der Waals surface area contributed by atoms with E-state index in [2.05, 4.69) is 40.8 Å². The van der Waals surface area contributed by atoms with Gasteiger partial charge in [-0.1, -0.05) is 35.8 Å². The van der Waals surface area contributed by atoms with Crippen LogP contribution in [0.5, 0.6) is 5.88 Å². The zero-order chi connectivity index (χ0) is 11.3. The van der Waals surface area contributed by atoms with Gasteiger partial charge in [-0.3, -0.25) is 0 Å². The molecule has 0 atom stereocenters. The van der Waals surface area contributed by atoms with E-state index < -0.39 is 0 Å². The van der Waals surface area contributed by atoms with Crippen molar-refractivity contribution in [1.29, 1.82) is 0 Å². The maximum absolute atomic E-state index is 5.56. The summed E-state index contributed by atoms with van der Waals surface area (Å²) in [6, 6.07) is 4.05. The highest BCUT2D eigenvalue weighted by Crippen LogP contribution is 2.14. The second-order valence-corrected chi connectivity index (χ2v) is 4.83. The Morgan fingerprint density at radius 2 is 2.13 bits per heavy atom. The van der Waals surface area contributed by atoms with Gasteiger partial charge < -0.3 is 4.74 Å². The number of ether oxygens (including phenoxy) is 1. The zero-order valence-corrected chi connectivity index (χ0v) is 11.2. The van der Waals surface area contributed by atoms with Crippen molar-refractivity contribution >= 4 is 15.9 Å². The quantitative estimate of drug-likeness (QED) is 0.767. The number of aromatic nitrogens is 1. The van der Waals surface area contributed by atoms with E-state index in [1.165, 1.54) is 5.56 Å². The Morgan fingerprint density at radius 1 is 1.40 bits per heavy atom. The summed E-state index contributed by atoms with van der Waals surface area (Å²) in [7, 11) is 0. The molecule has 15 heavy (non-hydrogen) atoms. The van der Waals surface area contributed by atoms with Gasteiger partial charge in [-0.15, -0.1) is 0 Å². The van der Waals surface area contributed by atoms with Crippen molar-refractivity contribution in [2.24, 2.45) is 5.92 Å². The smallest absolute Gasteiger partial charge is 0.213 e. The summed E-state index contributed by atoms with van der Waals surface area (Å²) in [5.41, 5.74) is 2.35. The number of halogens is 1. The maximum atomic E-state index is 5.56. The molecule has 1 aromatic heterocycles. The molecule has 0 N–H and O–H groups in total. The van der Waals surface area contributed by atoms with E-state index in [1.807, 2.05) is 13.0 Å². The highest BCUT2D eigenvalue weighted by molar-refractivity contribution is 9.09. The number of rotatable bonds is 5. The molecule has 0 aliphatic carbocycles. The summed E-state index contributed by atoms with van der Waals surface area (Å²) >= 11 is 3.43. The van der Waals surface area contributed by atoms with E-state index in [-0.39, 0.29) is 0 Å². The van der Waals surface area contributed by atoms with Crippen LogP contribution in [0.2, 0.25) is 0 Å². The van der Waals surface area contributed by atoms with Crippen molar-refractivity contribution in [3.05, 3.63) is 23.4 Å². The van der Waals surface area contributed by atoms with Gasteiger partial charge >= 0.3 is 0 Å². The molecular formula is C12H18BrNO. The first kappa shape index (κ1) is 12.5. The SMILES string of the molecule is Cc1nc(OCC(C)C)ccc1CCBr. The Labute approximate surface area is 100 Å². The second-order valence-electron chi connectivity index (χ2n) is 4.04. The molecule has 0 aliphatic rings. The van der Waals surface area contributed by atoms with E-state index >= 15 is 0 Å². The minimum atomic E-state index is 0.536. The molecule has 0 aliphatic heterocycles. The summed E-state index contributed by atoms with van der Waals surface area (Å²) in [6.07, 6.45) is 1.02. The Bertz CT molecular complexity index is 312. The van der Waals surface area contributed by atoms with Gasteiger partial charge in [0.2, 0.25) is 5.88 Å². The van der Waals surface area contributed by atoms with E-state index in [1.54, 1.807) is 0 Å². The minimum absolute atomic E-state index is 0.536. The van der Waals surface area contributed by atoms with Gasteiger partial charge in [0, 0.05) is 17.1 Å². The van der Waals surface area contributed by atoms with Crippen molar-refractivity contribution in [3.63, 3.8) is 0 Å². The maximum Gasteiger partial charge on any atom is 0.213 e. The highest BCUT2D eigenvalue weighted by atomic mass is 79.9. The molecule has 0 amide bonds. The third-order valence-electron chi connectivity index (χ3n) is 2.10. The van der Waals surface area contributed by atoms with Crippen LogP contribution in [0, 0.1) is 12.8 Å². The molecule has 0 fully saturated rings. The van der Waals surface area contributed by atoms with Gasteiger partial charge in [-0.25, -0.2) is 4.98 Å². The fourth-order valence-corrected chi connectivity index (χ4v) is 1.69. The fraction of sp³-hybridized carbons (Fsp3) is 0.583. The second kappa shape index (κ2) is 6.11. The van der Waals surface area contributed by atoms with Crippen LogP contribution in [0.3, 0.4) is 0 Å². The van der Waals surface area contributed by atoms with E-state index in [4.69, 9.17) is 4.74 Å². The van der Waals surface area contributed by atoms with Gasteiger partial charge in [0.1, 0.15) is 0 Å². The number of alkyl halides is 1. The number of pyridine rings is 1. The summed E-state index contributed by atoms with van der Waals surface area (Å²) in [5.74, 6) is 1.27. The van der Waals surface area contributed by atoms with Crippen LogP contribution >= 0.6 is 15.9 Å².